The molecule has 20 heavy (non-hydrogen) atoms. The maximum Gasteiger partial charge on any atom is 0.223 e. The lowest BCUT2D eigenvalue weighted by molar-refractivity contribution is -0.126. The topological polar surface area (TPSA) is 37.4 Å². The van der Waals surface area contributed by atoms with Gasteiger partial charge in [-0.25, -0.2) is 0 Å². The van der Waals surface area contributed by atoms with Gasteiger partial charge in [0.25, 0.3) is 0 Å². The number of amides is 1. The molecule has 0 aromatic carbocycles. The first-order valence-corrected chi connectivity index (χ1v) is 6.92. The first kappa shape index (κ1) is 14.5. The van der Waals surface area contributed by atoms with E-state index in [1.807, 2.05) is 19.1 Å². The third-order valence-corrected chi connectivity index (χ3v) is 4.57. The third kappa shape index (κ3) is 1.80. The summed E-state index contributed by atoms with van der Waals surface area (Å²) in [6, 6.07) is 0. The second-order valence-corrected chi connectivity index (χ2v) is 5.66. The fourth-order valence-corrected chi connectivity index (χ4v) is 3.27. The summed E-state index contributed by atoms with van der Waals surface area (Å²) in [5.74, 6) is 0.175. The molecule has 1 amide bonds. The highest BCUT2D eigenvalue weighted by molar-refractivity contribution is 6.09. The van der Waals surface area contributed by atoms with Crippen LogP contribution in [-0.4, -0.2) is 23.1 Å². The molecule has 3 nitrogen and oxygen atoms in total. The summed E-state index contributed by atoms with van der Waals surface area (Å²) in [5, 5.41) is 0. The number of rotatable bonds is 2. The highest BCUT2D eigenvalue weighted by Gasteiger charge is 2.50. The Morgan fingerprint density at radius 3 is 2.70 bits per heavy atom. The van der Waals surface area contributed by atoms with Crippen LogP contribution in [0.1, 0.15) is 27.7 Å². The van der Waals surface area contributed by atoms with Crippen molar-refractivity contribution < 1.29 is 9.59 Å². The molecular formula is C17H21NO2. The maximum absolute atomic E-state index is 12.3. The van der Waals surface area contributed by atoms with Crippen LogP contribution < -0.4 is 0 Å². The Morgan fingerprint density at radius 2 is 2.20 bits per heavy atom. The second kappa shape index (κ2) is 4.89. The smallest absolute Gasteiger partial charge is 0.223 e. The van der Waals surface area contributed by atoms with Gasteiger partial charge in [0.05, 0.1) is 0 Å². The SMILES string of the molecule is C=CC1=C(/C=C\C)[C@]2(C)C(=CC1=O)N(C(C)=O)C[C@H]2C. The summed E-state index contributed by atoms with van der Waals surface area (Å²) in [7, 11) is 0. The molecule has 1 aliphatic carbocycles. The van der Waals surface area contributed by atoms with Gasteiger partial charge in [0.1, 0.15) is 0 Å². The van der Waals surface area contributed by atoms with Gasteiger partial charge < -0.3 is 4.90 Å². The van der Waals surface area contributed by atoms with E-state index in [-0.39, 0.29) is 23.0 Å². The summed E-state index contributed by atoms with van der Waals surface area (Å²) in [6.45, 7) is 12.1. The van der Waals surface area contributed by atoms with Gasteiger partial charge >= 0.3 is 0 Å². The van der Waals surface area contributed by atoms with E-state index in [1.54, 1.807) is 24.0 Å². The molecule has 0 bridgehead atoms. The van der Waals surface area contributed by atoms with Crippen LogP contribution in [0.3, 0.4) is 0 Å². The van der Waals surface area contributed by atoms with Crippen molar-refractivity contribution in [1.82, 2.24) is 4.90 Å². The van der Waals surface area contributed by atoms with Crippen molar-refractivity contribution in [3.05, 3.63) is 47.7 Å². The summed E-state index contributed by atoms with van der Waals surface area (Å²) < 4.78 is 0. The zero-order valence-corrected chi connectivity index (χ0v) is 12.6. The standard InChI is InChI=1S/C17H21NO2/c1-6-8-14-13(7-2)15(20)9-16-17(14,5)11(3)10-18(16)12(4)19/h6-9,11H,2,10H2,1,3-5H3/b8-6-/t11-,17-/m1/s1. The number of carbonyl (C=O) groups excluding carboxylic acids is 2. The van der Waals surface area contributed by atoms with Crippen molar-refractivity contribution in [2.75, 3.05) is 6.54 Å². The molecule has 2 aliphatic rings. The predicted octanol–water partition coefficient (Wildman–Crippen LogP) is 3.02. The van der Waals surface area contributed by atoms with Crippen molar-refractivity contribution in [3.8, 4) is 0 Å². The Balaban J connectivity index is 2.69. The van der Waals surface area contributed by atoms with Crippen LogP contribution >= 0.6 is 0 Å². The van der Waals surface area contributed by atoms with E-state index in [2.05, 4.69) is 20.4 Å². The normalized spacial score (nSPS) is 29.8. The lowest BCUT2D eigenvalue weighted by atomic mass is 9.67. The van der Waals surface area contributed by atoms with E-state index < -0.39 is 0 Å². The molecule has 0 unspecified atom stereocenters. The molecule has 1 saturated heterocycles. The van der Waals surface area contributed by atoms with Crippen LogP contribution in [0.25, 0.3) is 0 Å². The van der Waals surface area contributed by atoms with Crippen molar-refractivity contribution >= 4 is 11.7 Å². The van der Waals surface area contributed by atoms with Gasteiger partial charge in [0.2, 0.25) is 5.91 Å². The minimum atomic E-state index is -0.310. The quantitative estimate of drug-likeness (QED) is 0.774. The molecule has 0 aromatic heterocycles. The van der Waals surface area contributed by atoms with Crippen LogP contribution in [-0.2, 0) is 9.59 Å². The average molecular weight is 271 g/mol. The van der Waals surface area contributed by atoms with Gasteiger partial charge in [-0.3, -0.25) is 9.59 Å². The number of allylic oxidation sites excluding steroid dienone is 6. The molecule has 0 spiro atoms. The number of hydrogen-bond acceptors (Lipinski definition) is 2. The van der Waals surface area contributed by atoms with E-state index in [0.29, 0.717) is 12.1 Å². The first-order chi connectivity index (χ1) is 9.37. The van der Waals surface area contributed by atoms with Gasteiger partial charge in [-0.2, -0.15) is 0 Å². The van der Waals surface area contributed by atoms with Gasteiger partial charge in [-0.1, -0.05) is 31.7 Å². The molecule has 1 aliphatic heterocycles. The van der Waals surface area contributed by atoms with Gasteiger partial charge in [0, 0.05) is 36.2 Å². The highest BCUT2D eigenvalue weighted by Crippen LogP contribution is 2.53. The Kier molecular flexibility index (Phi) is 3.55. The number of likely N-dealkylation sites (tertiary alicyclic amines) is 1. The van der Waals surface area contributed by atoms with Crippen molar-refractivity contribution in [2.45, 2.75) is 27.7 Å². The van der Waals surface area contributed by atoms with Crippen LogP contribution in [0.2, 0.25) is 0 Å². The molecule has 0 radical (unpaired) electrons. The van der Waals surface area contributed by atoms with E-state index in [4.69, 9.17) is 0 Å². The molecule has 2 rings (SSSR count). The van der Waals surface area contributed by atoms with Crippen molar-refractivity contribution in [3.63, 3.8) is 0 Å². The van der Waals surface area contributed by atoms with Gasteiger partial charge in [0.15, 0.2) is 5.78 Å². The molecule has 2 atom stereocenters. The van der Waals surface area contributed by atoms with E-state index in [1.165, 1.54) is 0 Å². The summed E-state index contributed by atoms with van der Waals surface area (Å²) in [6.07, 6.45) is 7.14. The molecule has 3 heteroatoms. The summed E-state index contributed by atoms with van der Waals surface area (Å²) in [5.41, 5.74) is 2.12. The van der Waals surface area contributed by atoms with Crippen molar-refractivity contribution in [2.24, 2.45) is 11.3 Å². The molecule has 0 saturated carbocycles. The zero-order chi connectivity index (χ0) is 15.1. The van der Waals surface area contributed by atoms with Crippen LogP contribution in [0, 0.1) is 11.3 Å². The molecule has 1 fully saturated rings. The van der Waals surface area contributed by atoms with E-state index in [0.717, 1.165) is 11.3 Å². The fourth-order valence-electron chi connectivity index (χ4n) is 3.27. The molecule has 106 valence electrons. The maximum atomic E-state index is 12.3. The van der Waals surface area contributed by atoms with Gasteiger partial charge in [-0.05, 0) is 25.3 Å². The minimum absolute atomic E-state index is 0.0125. The molecular weight excluding hydrogens is 250 g/mol. The predicted molar refractivity (Wildman–Crippen MR) is 79.8 cm³/mol. The van der Waals surface area contributed by atoms with Crippen molar-refractivity contribution in [1.29, 1.82) is 0 Å². The number of nitrogens with zero attached hydrogens (tertiary/aromatic N) is 1. The number of hydrogen-bond donors (Lipinski definition) is 0. The highest BCUT2D eigenvalue weighted by atomic mass is 16.2. The average Bonchev–Trinajstić information content (AvgIpc) is 2.64. The molecule has 1 heterocycles. The summed E-state index contributed by atoms with van der Waals surface area (Å²) in [4.78, 5) is 25.9. The fraction of sp³-hybridized carbons (Fsp3) is 0.412. The first-order valence-electron chi connectivity index (χ1n) is 6.92. The minimum Gasteiger partial charge on any atom is -0.315 e. The number of ketones is 1. The number of fused-ring (bicyclic) bond motifs is 1. The van der Waals surface area contributed by atoms with E-state index >= 15 is 0 Å². The molecule has 0 N–H and O–H groups in total. The third-order valence-electron chi connectivity index (χ3n) is 4.57. The second-order valence-electron chi connectivity index (χ2n) is 5.66. The monoisotopic (exact) mass is 271 g/mol. The van der Waals surface area contributed by atoms with Crippen LogP contribution in [0.15, 0.2) is 47.7 Å². The molecule has 0 aromatic rings. The zero-order valence-electron chi connectivity index (χ0n) is 12.6. The Bertz CT molecular complexity index is 580. The largest absolute Gasteiger partial charge is 0.315 e. The van der Waals surface area contributed by atoms with Gasteiger partial charge in [-0.15, -0.1) is 0 Å². The summed E-state index contributed by atoms with van der Waals surface area (Å²) >= 11 is 0. The Labute approximate surface area is 120 Å². The Hall–Kier alpha value is -1.90. The van der Waals surface area contributed by atoms with Crippen LogP contribution in [0.4, 0.5) is 0 Å². The van der Waals surface area contributed by atoms with Crippen LogP contribution in [0.5, 0.6) is 0 Å². The lowest BCUT2D eigenvalue weighted by Crippen LogP contribution is -2.33. The number of carbonyl (C=O) groups is 2. The lowest BCUT2D eigenvalue weighted by Gasteiger charge is -2.36. The Morgan fingerprint density at radius 1 is 1.55 bits per heavy atom. The van der Waals surface area contributed by atoms with E-state index in [9.17, 15) is 9.59 Å².